The Morgan fingerprint density at radius 3 is 1.38 bits per heavy atom. The standard InChI is InChI=1S/C24H46O.C15H24O2.C15H26O2.2C12H22O2/c1-3-5-6-7-8-9-10-11-12-13-14-15-16-17-18-19-20-21-22-23-24(25)4-2;1-2-15(16)17-14-10-8-13(9-11-14)12-6-4-3-5-7-12;1-12(2)14(16)17-11-13(3)9-7-8-10-15(4,5)6;1-9(2)10(13)14-12(6,7)8-11(3,4)5;1-5-12(13)14-9-8-11(4)7-6-10(2)3/h4H,2-3,5-23H2,1H3;2,12-14H,1,3-11H2;7-8,13H,1,9-11H2,2-6H3;1,8H2,2-7H3;5,10-11H,1,6-9H2,2-4H3/b;;8-7+;;. The first-order valence-corrected chi connectivity index (χ1v) is 35.1. The average Bonchev–Trinajstić information content (AvgIpc) is 3.64. The normalized spacial score (nSPS) is 15.9. The van der Waals surface area contributed by atoms with Crippen LogP contribution in [-0.4, -0.2) is 54.6 Å². The molecule has 9 heteroatoms. The van der Waals surface area contributed by atoms with E-state index in [1.54, 1.807) is 13.8 Å². The molecule has 2 unspecified atom stereocenters. The van der Waals surface area contributed by atoms with Gasteiger partial charge in [0.05, 0.1) is 13.2 Å². The highest BCUT2D eigenvalue weighted by Crippen LogP contribution is 2.39. The summed E-state index contributed by atoms with van der Waals surface area (Å²) in [6, 6.07) is 0. The number of hydrogen-bond donors (Lipinski definition) is 0. The van der Waals surface area contributed by atoms with Crippen molar-refractivity contribution in [1.29, 1.82) is 0 Å². The maximum absolute atomic E-state index is 11.3. The van der Waals surface area contributed by atoms with Gasteiger partial charge in [0.1, 0.15) is 11.7 Å². The largest absolute Gasteiger partial charge is 0.463 e. The van der Waals surface area contributed by atoms with Gasteiger partial charge >= 0.3 is 23.9 Å². The van der Waals surface area contributed by atoms with Crippen molar-refractivity contribution in [2.24, 2.45) is 40.4 Å². The monoisotopic (exact) mass is 1220 g/mol. The first-order valence-electron chi connectivity index (χ1n) is 35.1. The number of allylic oxidation sites excluding steroid dienone is 3. The van der Waals surface area contributed by atoms with Crippen LogP contribution in [0.4, 0.5) is 0 Å². The minimum Gasteiger partial charge on any atom is -0.463 e. The van der Waals surface area contributed by atoms with Crippen LogP contribution in [0.15, 0.2) is 74.4 Å². The highest BCUT2D eigenvalue weighted by molar-refractivity contribution is 5.89. The molecule has 0 aromatic carbocycles. The second kappa shape index (κ2) is 54.9. The fourth-order valence-corrected chi connectivity index (χ4v) is 11.0. The molecule has 0 aliphatic heterocycles. The molecule has 506 valence electrons. The number of hydrogen-bond acceptors (Lipinski definition) is 9. The molecule has 0 aromatic heterocycles. The van der Waals surface area contributed by atoms with Crippen LogP contribution < -0.4 is 0 Å². The van der Waals surface area contributed by atoms with Gasteiger partial charge in [-0.1, -0.05) is 282 Å². The summed E-state index contributed by atoms with van der Waals surface area (Å²) in [5.41, 5.74) is 0.978. The molecule has 0 aromatic rings. The van der Waals surface area contributed by atoms with E-state index in [0.717, 1.165) is 62.7 Å². The molecule has 87 heavy (non-hydrogen) atoms. The minimum atomic E-state index is -0.422. The highest BCUT2D eigenvalue weighted by Gasteiger charge is 2.30. The molecule has 0 amide bonds. The van der Waals surface area contributed by atoms with Gasteiger partial charge in [-0.05, 0) is 132 Å². The Morgan fingerprint density at radius 2 is 0.966 bits per heavy atom. The van der Waals surface area contributed by atoms with E-state index in [-0.39, 0.29) is 41.2 Å². The van der Waals surface area contributed by atoms with Crippen molar-refractivity contribution in [3.63, 3.8) is 0 Å². The Labute approximate surface area is 538 Å². The number of carbonyl (C=O) groups is 5. The average molecular weight is 1220 g/mol. The molecule has 2 aliphatic carbocycles. The molecule has 2 saturated carbocycles. The maximum atomic E-state index is 11.3. The van der Waals surface area contributed by atoms with Gasteiger partial charge in [0.15, 0.2) is 5.78 Å². The van der Waals surface area contributed by atoms with E-state index in [1.807, 2.05) is 13.8 Å². The molecule has 0 spiro atoms. The SMILES string of the molecule is C=C(C)C(=O)OC(C)(C)CC(C)(C)C.C=C(C)C(=O)OCC(C)C/C=C/CC(C)(C)C.C=CC(=O)CCCCCCCCCCCCCCCCCCCCC.C=CC(=O)OC1CCC(C2CCCCC2)CC1.C=CC(=O)OCCC(C)CCC(C)C. The first-order chi connectivity index (χ1) is 40.9. The van der Waals surface area contributed by atoms with Gasteiger partial charge in [-0.2, -0.15) is 0 Å². The quantitative estimate of drug-likeness (QED) is 0.0194. The number of carbonyl (C=O) groups excluding carboxylic acids is 5. The summed E-state index contributed by atoms with van der Waals surface area (Å²) in [6.45, 7) is 49.6. The summed E-state index contributed by atoms with van der Waals surface area (Å²) in [4.78, 5) is 55.4. The molecule has 0 radical (unpaired) electrons. The zero-order valence-corrected chi connectivity index (χ0v) is 59.7. The molecule has 0 heterocycles. The second-order valence-electron chi connectivity index (χ2n) is 29.2. The molecule has 2 rings (SSSR count). The molecular formula is C78H140O9. The number of rotatable bonds is 40. The molecular weight excluding hydrogens is 1080 g/mol. The van der Waals surface area contributed by atoms with Crippen LogP contribution >= 0.6 is 0 Å². The van der Waals surface area contributed by atoms with Crippen LogP contribution in [0.2, 0.25) is 0 Å². The van der Waals surface area contributed by atoms with Crippen molar-refractivity contribution in [1.82, 2.24) is 0 Å². The van der Waals surface area contributed by atoms with E-state index in [1.165, 1.54) is 192 Å². The Balaban J connectivity index is -0.00000103. The number of ketones is 1. The van der Waals surface area contributed by atoms with E-state index in [9.17, 15) is 24.0 Å². The molecule has 0 saturated heterocycles. The van der Waals surface area contributed by atoms with Crippen LogP contribution in [-0.2, 0) is 42.9 Å². The lowest BCUT2D eigenvalue weighted by Gasteiger charge is -2.35. The van der Waals surface area contributed by atoms with E-state index in [4.69, 9.17) is 18.9 Å². The molecule has 2 fully saturated rings. The predicted molar refractivity (Wildman–Crippen MR) is 373 cm³/mol. The van der Waals surface area contributed by atoms with Gasteiger partial charge in [0.2, 0.25) is 0 Å². The third-order valence-corrected chi connectivity index (χ3v) is 16.0. The summed E-state index contributed by atoms with van der Waals surface area (Å²) < 4.78 is 20.7. The van der Waals surface area contributed by atoms with Crippen LogP contribution in [0, 0.1) is 40.4 Å². The van der Waals surface area contributed by atoms with Crippen molar-refractivity contribution in [2.45, 2.75) is 340 Å². The van der Waals surface area contributed by atoms with Crippen molar-refractivity contribution in [3.05, 3.63) is 74.4 Å². The fourth-order valence-electron chi connectivity index (χ4n) is 11.0. The summed E-state index contributed by atoms with van der Waals surface area (Å²) in [7, 11) is 0. The molecule has 9 nitrogen and oxygen atoms in total. The molecule has 2 atom stereocenters. The van der Waals surface area contributed by atoms with Crippen molar-refractivity contribution in [3.8, 4) is 0 Å². The van der Waals surface area contributed by atoms with Crippen LogP contribution in [0.1, 0.15) is 329 Å². The highest BCUT2D eigenvalue weighted by atomic mass is 16.6. The van der Waals surface area contributed by atoms with Crippen LogP contribution in [0.25, 0.3) is 0 Å². The molecule has 0 N–H and O–H groups in total. The lowest BCUT2D eigenvalue weighted by molar-refractivity contribution is -0.154. The number of ether oxygens (including phenoxy) is 4. The van der Waals surface area contributed by atoms with Gasteiger partial charge in [-0.3, -0.25) is 4.79 Å². The molecule has 0 bridgehead atoms. The third-order valence-electron chi connectivity index (χ3n) is 16.0. The number of esters is 4. The zero-order valence-electron chi connectivity index (χ0n) is 59.7. The lowest BCUT2D eigenvalue weighted by atomic mass is 9.73. The Kier molecular flexibility index (Phi) is 55.0. The van der Waals surface area contributed by atoms with Crippen molar-refractivity contribution >= 4 is 29.7 Å². The summed E-state index contributed by atoms with van der Waals surface area (Å²) in [5, 5.41) is 0. The molecule has 2 aliphatic rings. The van der Waals surface area contributed by atoms with Gasteiger partial charge in [-0.25, -0.2) is 19.2 Å². The smallest absolute Gasteiger partial charge is 0.333 e. The van der Waals surface area contributed by atoms with Gasteiger partial charge in [0.25, 0.3) is 0 Å². The van der Waals surface area contributed by atoms with Crippen molar-refractivity contribution in [2.75, 3.05) is 13.2 Å². The Morgan fingerprint density at radius 1 is 0.506 bits per heavy atom. The second-order valence-corrected chi connectivity index (χ2v) is 29.2. The Bertz CT molecular complexity index is 1840. The van der Waals surface area contributed by atoms with Gasteiger partial charge in [0, 0.05) is 29.7 Å². The van der Waals surface area contributed by atoms with Gasteiger partial charge in [-0.15, -0.1) is 0 Å². The van der Waals surface area contributed by atoms with E-state index in [2.05, 4.69) is 121 Å². The van der Waals surface area contributed by atoms with Crippen LogP contribution in [0.5, 0.6) is 0 Å². The van der Waals surface area contributed by atoms with E-state index < -0.39 is 5.60 Å². The minimum absolute atomic E-state index is 0.152. The summed E-state index contributed by atoms with van der Waals surface area (Å²) in [6.07, 6.45) is 53.6. The van der Waals surface area contributed by atoms with Gasteiger partial charge < -0.3 is 18.9 Å². The number of unbranched alkanes of at least 4 members (excludes halogenated alkanes) is 18. The summed E-state index contributed by atoms with van der Waals surface area (Å²) in [5.74, 6) is 2.63. The van der Waals surface area contributed by atoms with E-state index >= 15 is 0 Å². The van der Waals surface area contributed by atoms with E-state index in [0.29, 0.717) is 48.0 Å². The maximum Gasteiger partial charge on any atom is 0.333 e. The fraction of sp³-hybridized carbons (Fsp3) is 0.782. The topological polar surface area (TPSA) is 122 Å². The Hall–Kier alpha value is -4.01. The lowest BCUT2D eigenvalue weighted by Crippen LogP contribution is -2.32. The zero-order chi connectivity index (χ0) is 66.5. The van der Waals surface area contributed by atoms with Crippen LogP contribution in [0.3, 0.4) is 0 Å². The van der Waals surface area contributed by atoms with Crippen molar-refractivity contribution < 1.29 is 42.9 Å². The third kappa shape index (κ3) is 62.0. The summed E-state index contributed by atoms with van der Waals surface area (Å²) >= 11 is 0. The first kappa shape index (κ1) is 87.2. The predicted octanol–water partition coefficient (Wildman–Crippen LogP) is 23.0.